The van der Waals surface area contributed by atoms with Gasteiger partial charge in [0.05, 0.1) is 35.4 Å². The van der Waals surface area contributed by atoms with Crippen molar-refractivity contribution in [2.75, 3.05) is 13.2 Å². The zero-order valence-corrected chi connectivity index (χ0v) is 31.3. The van der Waals surface area contributed by atoms with Crippen molar-refractivity contribution in [3.63, 3.8) is 0 Å². The predicted molar refractivity (Wildman–Crippen MR) is 196 cm³/mol. The van der Waals surface area contributed by atoms with Crippen molar-refractivity contribution in [2.45, 2.75) is 88.3 Å². The molecule has 3 aromatic rings. The number of hydrogen-bond donors (Lipinski definition) is 3. The maximum absolute atomic E-state index is 14.5. The third-order valence-corrected chi connectivity index (χ3v) is 12.1. The molecule has 2 aliphatic carbocycles. The van der Waals surface area contributed by atoms with Gasteiger partial charge in [-0.15, -0.1) is 0 Å². The first kappa shape index (κ1) is 38.1. The number of rotatable bonds is 6. The number of halogens is 2. The molecule has 4 amide bonds. The summed E-state index contributed by atoms with van der Waals surface area (Å²) in [5.74, 6) is -4.46. The summed E-state index contributed by atoms with van der Waals surface area (Å²) < 4.78 is 67.4. The topological polar surface area (TPSA) is 186 Å². The summed E-state index contributed by atoms with van der Waals surface area (Å²) >= 11 is 0. The molecule has 2 aliphatic heterocycles. The number of hydrogen-bond acceptors (Lipinski definition) is 10. The Bertz CT molecular complexity index is 2170. The fraction of sp³-hybridized carbons (Fsp3) is 0.474. The van der Waals surface area contributed by atoms with Crippen LogP contribution in [0.2, 0.25) is 0 Å². The monoisotopic (exact) mass is 780 g/mol. The lowest BCUT2D eigenvalue weighted by molar-refractivity contribution is -0.143. The van der Waals surface area contributed by atoms with E-state index < -0.39 is 87.0 Å². The summed E-state index contributed by atoms with van der Waals surface area (Å²) in [4.78, 5) is 66.0. The van der Waals surface area contributed by atoms with Crippen LogP contribution >= 0.6 is 0 Å². The number of nitrogens with zero attached hydrogens (tertiary/aromatic N) is 3. The van der Waals surface area contributed by atoms with Crippen LogP contribution in [-0.4, -0.2) is 95.7 Å². The van der Waals surface area contributed by atoms with Gasteiger partial charge in [-0.2, -0.15) is 0 Å². The predicted octanol–water partition coefficient (Wildman–Crippen LogP) is 3.95. The van der Waals surface area contributed by atoms with Crippen molar-refractivity contribution < 1.29 is 45.9 Å². The molecule has 17 heteroatoms. The fourth-order valence-corrected chi connectivity index (χ4v) is 8.39. The largest absolute Gasteiger partial charge is 0.471 e. The molecule has 0 radical (unpaired) electrons. The first-order chi connectivity index (χ1) is 26.1. The zero-order chi connectivity index (χ0) is 39.3. The molecule has 5 atom stereocenters. The number of alkyl carbamates (subject to hydrolysis) is 1. The number of carbonyl (C=O) groups is 4. The third-order valence-electron chi connectivity index (χ3n) is 10.3. The van der Waals surface area contributed by atoms with E-state index in [1.165, 1.54) is 4.90 Å². The smallest absolute Gasteiger partial charge is 0.407 e. The van der Waals surface area contributed by atoms with Crippen LogP contribution in [0.4, 0.5) is 13.6 Å². The number of amides is 4. The number of benzene rings is 2. The highest BCUT2D eigenvalue weighted by Crippen LogP contribution is 2.48. The number of ether oxygens (including phenoxy) is 2. The quantitative estimate of drug-likeness (QED) is 0.331. The minimum atomic E-state index is -4.14. The Morgan fingerprint density at radius 3 is 2.45 bits per heavy atom. The molecule has 292 valence electrons. The molecule has 3 N–H and O–H groups in total. The van der Waals surface area contributed by atoms with Gasteiger partial charge < -0.3 is 25.0 Å². The maximum atomic E-state index is 14.5. The number of carbonyl (C=O) groups excluding carboxylic acids is 4. The van der Waals surface area contributed by atoms with Crippen molar-refractivity contribution in [3.05, 3.63) is 60.2 Å². The van der Waals surface area contributed by atoms with Gasteiger partial charge in [0, 0.05) is 12.0 Å². The Balaban J connectivity index is 1.27. The van der Waals surface area contributed by atoms with Crippen molar-refractivity contribution in [1.82, 2.24) is 30.2 Å². The number of para-hydroxylation sites is 2. The maximum Gasteiger partial charge on any atom is 0.407 e. The highest BCUT2D eigenvalue weighted by Gasteiger charge is 2.67. The summed E-state index contributed by atoms with van der Waals surface area (Å²) in [5, 5.41) is 4.24. The van der Waals surface area contributed by atoms with E-state index in [0.29, 0.717) is 41.6 Å². The van der Waals surface area contributed by atoms with E-state index >= 15 is 0 Å². The van der Waals surface area contributed by atoms with Gasteiger partial charge in [-0.1, -0.05) is 63.3 Å². The van der Waals surface area contributed by atoms with Crippen LogP contribution in [0.1, 0.15) is 58.4 Å². The normalized spacial score (nSPS) is 26.5. The number of fused-ring (bicyclic) bond motifs is 7. The highest BCUT2D eigenvalue weighted by atomic mass is 32.2. The van der Waals surface area contributed by atoms with E-state index in [1.807, 2.05) is 53.3 Å². The van der Waals surface area contributed by atoms with Gasteiger partial charge in [0.2, 0.25) is 34.1 Å². The van der Waals surface area contributed by atoms with Crippen molar-refractivity contribution in [1.29, 1.82) is 0 Å². The fourth-order valence-electron chi connectivity index (χ4n) is 7.03. The lowest BCUT2D eigenvalue weighted by Crippen LogP contribution is -2.60. The lowest BCUT2D eigenvalue weighted by Gasteiger charge is -2.35. The molecule has 0 spiro atoms. The summed E-state index contributed by atoms with van der Waals surface area (Å²) in [7, 11) is -4.14. The van der Waals surface area contributed by atoms with Crippen LogP contribution in [0, 0.1) is 11.3 Å². The van der Waals surface area contributed by atoms with E-state index in [-0.39, 0.29) is 25.5 Å². The van der Waals surface area contributed by atoms with Crippen LogP contribution in [0.3, 0.4) is 0 Å². The lowest BCUT2D eigenvalue weighted by atomic mass is 9.85. The Kier molecular flexibility index (Phi) is 10.0. The minimum absolute atomic E-state index is 0.00392. The molecule has 1 saturated heterocycles. The number of sulfonamides is 1. The molecule has 2 saturated carbocycles. The van der Waals surface area contributed by atoms with E-state index in [9.17, 15) is 36.4 Å². The molecular weight excluding hydrogens is 739 g/mol. The van der Waals surface area contributed by atoms with Crippen LogP contribution < -0.4 is 20.1 Å². The van der Waals surface area contributed by atoms with Gasteiger partial charge in [-0.3, -0.25) is 19.1 Å². The Labute approximate surface area is 316 Å². The molecule has 7 rings (SSSR count). The molecular formula is C38H42F2N6O8S. The van der Waals surface area contributed by atoms with E-state index in [0.717, 1.165) is 5.56 Å². The average molecular weight is 781 g/mol. The summed E-state index contributed by atoms with van der Waals surface area (Å²) in [6.45, 7) is 4.94. The second-order valence-corrected chi connectivity index (χ2v) is 17.5. The van der Waals surface area contributed by atoms with E-state index in [4.69, 9.17) is 19.4 Å². The van der Waals surface area contributed by atoms with Crippen molar-refractivity contribution in [2.24, 2.45) is 11.3 Å². The summed E-state index contributed by atoms with van der Waals surface area (Å²) in [6.07, 6.45) is -0.787. The van der Waals surface area contributed by atoms with Gasteiger partial charge >= 0.3 is 6.09 Å². The van der Waals surface area contributed by atoms with E-state index in [1.54, 1.807) is 32.9 Å². The van der Waals surface area contributed by atoms with Crippen LogP contribution in [-0.2, 0) is 29.1 Å². The van der Waals surface area contributed by atoms with E-state index in [2.05, 4.69) is 10.6 Å². The molecule has 55 heavy (non-hydrogen) atoms. The number of alkyl halides is 2. The first-order valence-electron chi connectivity index (χ1n) is 18.2. The SMILES string of the molecule is CC(C)(C)[C@@H]1NC(=O)OCC/C=C/c2cccc(c2)-c2nc3ccccc3nc2O[C@@H]2C[C@@H](C(=O)N[C@@]3(C(=O)NS(=O)(=O)C4CC4)C[C@H]3C(F)F)N(C2)C1=O. The molecule has 0 unspecified atom stereocenters. The summed E-state index contributed by atoms with van der Waals surface area (Å²) in [6, 6.07) is 12.0. The molecule has 3 fully saturated rings. The zero-order valence-electron chi connectivity index (χ0n) is 30.5. The number of cyclic esters (lactones) is 1. The van der Waals surface area contributed by atoms with Gasteiger partial charge in [-0.25, -0.2) is 32.0 Å². The van der Waals surface area contributed by atoms with Gasteiger partial charge in [0.25, 0.3) is 5.91 Å². The molecule has 3 heterocycles. The van der Waals surface area contributed by atoms with Crippen molar-refractivity contribution >= 4 is 50.9 Å². The van der Waals surface area contributed by atoms with Crippen LogP contribution in [0.15, 0.2) is 54.6 Å². The summed E-state index contributed by atoms with van der Waals surface area (Å²) in [5.41, 5.74) is -0.122. The van der Waals surface area contributed by atoms with Crippen LogP contribution in [0.25, 0.3) is 28.4 Å². The third kappa shape index (κ3) is 7.97. The van der Waals surface area contributed by atoms with Gasteiger partial charge in [0.1, 0.15) is 29.4 Å². The molecule has 4 bridgehead atoms. The molecule has 14 nitrogen and oxygen atoms in total. The van der Waals surface area contributed by atoms with Gasteiger partial charge in [0.15, 0.2) is 0 Å². The number of aromatic nitrogens is 2. The minimum Gasteiger partial charge on any atom is -0.471 e. The Hall–Kier alpha value is -5.19. The second kappa shape index (κ2) is 14.5. The van der Waals surface area contributed by atoms with Crippen molar-refractivity contribution in [3.8, 4) is 17.1 Å². The first-order valence-corrected chi connectivity index (χ1v) is 19.7. The molecule has 2 aromatic carbocycles. The average Bonchev–Trinajstić information content (AvgIpc) is 4.06. The van der Waals surface area contributed by atoms with Crippen LogP contribution in [0.5, 0.6) is 5.88 Å². The molecule has 4 aliphatic rings. The second-order valence-electron chi connectivity index (χ2n) is 15.5. The van der Waals surface area contributed by atoms with Gasteiger partial charge in [-0.05, 0) is 54.9 Å². The molecule has 1 aromatic heterocycles. The Morgan fingerprint density at radius 1 is 1.05 bits per heavy atom. The highest BCUT2D eigenvalue weighted by molar-refractivity contribution is 7.91. The number of nitrogens with one attached hydrogen (secondary N) is 3. The standard InChI is InChI=1S/C38H42F2N6O8S/c1-37(2,3)30-34(48)46-20-23(18-28(46)32(47)44-38(19-25(38)31(39)40)35(49)45-55(51,52)24-14-15-24)54-33-29(41-26-12-4-5-13-27(26)42-33)22-11-8-10-21(17-22)9-6-7-16-53-36(50)43-30/h4-6,8-13,17,23-25,28,30-31H,7,14-16,18-20H2,1-3H3,(H,43,50)(H,44,47)(H,45,49)/b9-6+/t23-,25+,28+,30-,38+/m1/s1. The Morgan fingerprint density at radius 2 is 1.78 bits per heavy atom.